The lowest BCUT2D eigenvalue weighted by molar-refractivity contribution is -0.161. The number of unbranched alkanes of at least 4 members (excludes halogenated alkanes) is 35. The fraction of sp³-hybridized carbons (Fsp3) is 0.943. The van der Waals surface area contributed by atoms with Crippen LogP contribution in [-0.4, -0.2) is 96.7 Å². The number of phosphoric ester groups is 2. The van der Waals surface area contributed by atoms with E-state index in [0.717, 1.165) is 108 Å². The molecule has 3 unspecified atom stereocenters. The molecule has 0 aliphatic carbocycles. The van der Waals surface area contributed by atoms with Gasteiger partial charge in [-0.1, -0.05) is 299 Å². The molecular weight excluding hydrogens is 1170 g/mol. The maximum Gasteiger partial charge on any atom is 0.472 e. The van der Waals surface area contributed by atoms with Crippen LogP contribution in [0, 0.1) is 17.8 Å². The summed E-state index contributed by atoms with van der Waals surface area (Å²) in [6.45, 7) is 11.8. The Kier molecular flexibility index (Phi) is 59.6. The average molecular weight is 1310 g/mol. The molecule has 17 nitrogen and oxygen atoms in total. The van der Waals surface area contributed by atoms with Gasteiger partial charge < -0.3 is 33.8 Å². The number of aliphatic hydroxyl groups is 1. The minimum atomic E-state index is -4.95. The third-order valence-electron chi connectivity index (χ3n) is 16.5. The van der Waals surface area contributed by atoms with E-state index in [2.05, 4.69) is 48.5 Å². The molecule has 19 heteroatoms. The summed E-state index contributed by atoms with van der Waals surface area (Å²) in [4.78, 5) is 72.5. The van der Waals surface area contributed by atoms with Crippen LogP contribution < -0.4 is 0 Å². The van der Waals surface area contributed by atoms with Gasteiger partial charge in [0, 0.05) is 25.7 Å². The van der Waals surface area contributed by atoms with E-state index in [-0.39, 0.29) is 25.7 Å². The zero-order valence-corrected chi connectivity index (χ0v) is 59.7. The van der Waals surface area contributed by atoms with Gasteiger partial charge in [-0.15, -0.1) is 0 Å². The summed E-state index contributed by atoms with van der Waals surface area (Å²) in [5.41, 5.74) is 0. The molecule has 0 aromatic heterocycles. The van der Waals surface area contributed by atoms with E-state index in [0.29, 0.717) is 31.6 Å². The quantitative estimate of drug-likeness (QED) is 0.0222. The summed E-state index contributed by atoms with van der Waals surface area (Å²) >= 11 is 0. The third kappa shape index (κ3) is 63.2. The van der Waals surface area contributed by atoms with Crippen LogP contribution >= 0.6 is 15.6 Å². The normalized spacial score (nSPS) is 14.5. The van der Waals surface area contributed by atoms with Gasteiger partial charge in [-0.25, -0.2) is 9.13 Å². The lowest BCUT2D eigenvalue weighted by Gasteiger charge is -2.21. The summed E-state index contributed by atoms with van der Waals surface area (Å²) in [7, 11) is -9.90. The van der Waals surface area contributed by atoms with Gasteiger partial charge in [-0.05, 0) is 43.4 Å². The molecule has 0 saturated heterocycles. The highest BCUT2D eigenvalue weighted by atomic mass is 31.2. The predicted molar refractivity (Wildman–Crippen MR) is 358 cm³/mol. The Labute approximate surface area is 543 Å². The summed E-state index contributed by atoms with van der Waals surface area (Å²) in [6, 6.07) is 0. The molecule has 0 aliphatic rings. The molecule has 89 heavy (non-hydrogen) atoms. The standard InChI is InChI=1S/C70H136O17P2/c1-8-10-11-12-13-14-15-20-23-30-39-46-53-69(74)87-66(58-81-68(73)52-45-38-33-32-35-42-49-62(5)6)60-85-89(78,79)83-56-64(71)55-82-88(76,77)84-59-65(57-80-67(72)51-44-37-29-26-25-28-36-43-50-63(7)9-2)86-70(75)54-47-40-31-24-21-18-16-17-19-22-27-34-41-48-61(3)4/h61-66,71H,8-60H2,1-7H3,(H,76,77)(H,78,79)/t63?,64-,65-,66-/m1/s1. The zero-order valence-electron chi connectivity index (χ0n) is 57.9. The zero-order chi connectivity index (χ0) is 65.9. The van der Waals surface area contributed by atoms with Crippen LogP contribution in [0.5, 0.6) is 0 Å². The fourth-order valence-corrected chi connectivity index (χ4v) is 12.1. The molecule has 0 amide bonds. The fourth-order valence-electron chi connectivity index (χ4n) is 10.5. The first-order valence-electron chi connectivity index (χ1n) is 36.4. The van der Waals surface area contributed by atoms with E-state index in [1.54, 1.807) is 0 Å². The Morgan fingerprint density at radius 1 is 0.326 bits per heavy atom. The van der Waals surface area contributed by atoms with Gasteiger partial charge in [0.15, 0.2) is 12.2 Å². The van der Waals surface area contributed by atoms with Crippen molar-refractivity contribution in [3.05, 3.63) is 0 Å². The second-order valence-electron chi connectivity index (χ2n) is 26.5. The largest absolute Gasteiger partial charge is 0.472 e. The minimum absolute atomic E-state index is 0.106. The van der Waals surface area contributed by atoms with E-state index in [1.165, 1.54) is 154 Å². The summed E-state index contributed by atoms with van der Waals surface area (Å²) in [5, 5.41) is 10.6. The molecule has 0 fully saturated rings. The second kappa shape index (κ2) is 61.0. The minimum Gasteiger partial charge on any atom is -0.462 e. The predicted octanol–water partition coefficient (Wildman–Crippen LogP) is 19.8. The average Bonchev–Trinajstić information content (AvgIpc) is 3.59. The first-order valence-corrected chi connectivity index (χ1v) is 39.4. The molecule has 0 aromatic rings. The van der Waals surface area contributed by atoms with Crippen molar-refractivity contribution >= 4 is 39.5 Å². The van der Waals surface area contributed by atoms with Crippen LogP contribution in [-0.2, 0) is 65.4 Å². The van der Waals surface area contributed by atoms with Crippen molar-refractivity contribution in [3.63, 3.8) is 0 Å². The highest BCUT2D eigenvalue weighted by Gasteiger charge is 2.30. The molecule has 528 valence electrons. The maximum atomic E-state index is 13.0. The first kappa shape index (κ1) is 87.1. The molecule has 0 aliphatic heterocycles. The van der Waals surface area contributed by atoms with Gasteiger partial charge in [0.25, 0.3) is 0 Å². The molecule has 0 bridgehead atoms. The van der Waals surface area contributed by atoms with Crippen molar-refractivity contribution in [2.24, 2.45) is 17.8 Å². The Hall–Kier alpha value is -1.94. The van der Waals surface area contributed by atoms with E-state index in [9.17, 15) is 43.2 Å². The van der Waals surface area contributed by atoms with Gasteiger partial charge in [-0.3, -0.25) is 37.3 Å². The Balaban J connectivity index is 5.25. The second-order valence-corrected chi connectivity index (χ2v) is 29.4. The lowest BCUT2D eigenvalue weighted by atomic mass is 9.99. The van der Waals surface area contributed by atoms with E-state index >= 15 is 0 Å². The topological polar surface area (TPSA) is 237 Å². The highest BCUT2D eigenvalue weighted by molar-refractivity contribution is 7.47. The number of hydrogen-bond donors (Lipinski definition) is 3. The van der Waals surface area contributed by atoms with Crippen LogP contribution in [0.2, 0.25) is 0 Å². The van der Waals surface area contributed by atoms with Crippen molar-refractivity contribution < 1.29 is 80.2 Å². The molecular formula is C70H136O17P2. The summed E-state index contributed by atoms with van der Waals surface area (Å²) in [5.74, 6) is 0.116. The number of carbonyl (C=O) groups is 4. The molecule has 0 spiro atoms. The number of aliphatic hydroxyl groups excluding tert-OH is 1. The molecule has 3 N–H and O–H groups in total. The van der Waals surface area contributed by atoms with Crippen molar-refractivity contribution in [2.45, 2.75) is 369 Å². The molecule has 0 rings (SSSR count). The Morgan fingerprint density at radius 3 is 0.854 bits per heavy atom. The molecule has 6 atom stereocenters. The van der Waals surface area contributed by atoms with Gasteiger partial charge in [0.1, 0.15) is 19.3 Å². The van der Waals surface area contributed by atoms with Crippen LogP contribution in [0.4, 0.5) is 0 Å². The van der Waals surface area contributed by atoms with Crippen LogP contribution in [0.25, 0.3) is 0 Å². The number of carbonyl (C=O) groups excluding carboxylic acids is 4. The van der Waals surface area contributed by atoms with E-state index in [4.69, 9.17) is 37.0 Å². The SMILES string of the molecule is CCCCCCCCCCCCCCC(=O)O[C@H](COC(=O)CCCCCCCCC(C)C)COP(=O)(O)OC[C@H](O)COP(=O)(O)OC[C@@H](COC(=O)CCCCCCCCCCC(C)CC)OC(=O)CCCCCCCCCCCCCCCC(C)C. The number of ether oxygens (including phenoxy) is 4. The molecule has 0 heterocycles. The molecule has 0 saturated carbocycles. The van der Waals surface area contributed by atoms with Crippen molar-refractivity contribution in [2.75, 3.05) is 39.6 Å². The third-order valence-corrected chi connectivity index (χ3v) is 18.4. The van der Waals surface area contributed by atoms with Gasteiger partial charge in [-0.2, -0.15) is 0 Å². The Morgan fingerprint density at radius 2 is 0.573 bits per heavy atom. The first-order chi connectivity index (χ1) is 42.8. The number of esters is 4. The van der Waals surface area contributed by atoms with Gasteiger partial charge in [0.2, 0.25) is 0 Å². The summed E-state index contributed by atoms with van der Waals surface area (Å²) < 4.78 is 68.3. The van der Waals surface area contributed by atoms with Crippen LogP contribution in [0.1, 0.15) is 350 Å². The van der Waals surface area contributed by atoms with Gasteiger partial charge >= 0.3 is 39.5 Å². The van der Waals surface area contributed by atoms with Crippen molar-refractivity contribution in [3.8, 4) is 0 Å². The highest BCUT2D eigenvalue weighted by Crippen LogP contribution is 2.45. The monoisotopic (exact) mass is 1310 g/mol. The van der Waals surface area contributed by atoms with Crippen LogP contribution in [0.3, 0.4) is 0 Å². The Bertz CT molecular complexity index is 1750. The number of hydrogen-bond acceptors (Lipinski definition) is 15. The van der Waals surface area contributed by atoms with E-state index < -0.39 is 97.5 Å². The summed E-state index contributed by atoms with van der Waals surface area (Å²) in [6.07, 6.45) is 44.4. The molecule has 0 radical (unpaired) electrons. The number of phosphoric acid groups is 2. The van der Waals surface area contributed by atoms with Crippen molar-refractivity contribution in [1.29, 1.82) is 0 Å². The van der Waals surface area contributed by atoms with Gasteiger partial charge in [0.05, 0.1) is 26.4 Å². The number of rotatable bonds is 68. The van der Waals surface area contributed by atoms with Crippen molar-refractivity contribution in [1.82, 2.24) is 0 Å². The lowest BCUT2D eigenvalue weighted by Crippen LogP contribution is -2.30. The smallest absolute Gasteiger partial charge is 0.462 e. The van der Waals surface area contributed by atoms with E-state index in [1.807, 2.05) is 0 Å². The van der Waals surface area contributed by atoms with Crippen LogP contribution in [0.15, 0.2) is 0 Å². The maximum absolute atomic E-state index is 13.0. The molecule has 0 aromatic carbocycles.